The van der Waals surface area contributed by atoms with Crippen LogP contribution in [0, 0.1) is 23.2 Å². The lowest BCUT2D eigenvalue weighted by atomic mass is 9.95. The van der Waals surface area contributed by atoms with Gasteiger partial charge in [0.05, 0.1) is 12.6 Å². The average molecular weight is 1680 g/mol. The van der Waals surface area contributed by atoms with Gasteiger partial charge in [-0.15, -0.1) is 0 Å². The quantitative estimate of drug-likeness (QED) is 0.00960. The summed E-state index contributed by atoms with van der Waals surface area (Å²) in [6.45, 7) is 8.66. The molecule has 119 heavy (non-hydrogen) atoms. The number of rotatable bonds is 54. The third kappa shape index (κ3) is 37.0. The number of hydrogen-bond donors (Lipinski definition) is 22. The predicted molar refractivity (Wildman–Crippen MR) is 444 cm³/mol. The van der Waals surface area contributed by atoms with Crippen LogP contribution in [0.1, 0.15) is 128 Å². The fourth-order valence-electron chi connectivity index (χ4n) is 12.1. The second-order valence-corrected chi connectivity index (χ2v) is 29.8. The van der Waals surface area contributed by atoms with Crippen LogP contribution >= 0.6 is 12.6 Å². The van der Waals surface area contributed by atoms with Gasteiger partial charge in [-0.3, -0.25) is 82.1 Å². The number of thiol groups is 1. The van der Waals surface area contributed by atoms with E-state index in [4.69, 9.17) is 28.3 Å². The zero-order chi connectivity index (χ0) is 88.3. The first-order valence-electron chi connectivity index (χ1n) is 39.4. The highest BCUT2D eigenvalue weighted by molar-refractivity contribution is 7.80. The van der Waals surface area contributed by atoms with Crippen LogP contribution in [0.4, 0.5) is 0 Å². The largest absolute Gasteiger partial charge is 0.481 e. The van der Waals surface area contributed by atoms with Crippen molar-refractivity contribution in [3.63, 3.8) is 0 Å². The van der Waals surface area contributed by atoms with Crippen LogP contribution in [0.25, 0.3) is 0 Å². The fraction of sp³-hybridized carbons (Fsp3) is 0.494. The minimum Gasteiger partial charge on any atom is -0.481 e. The van der Waals surface area contributed by atoms with Gasteiger partial charge in [0, 0.05) is 50.8 Å². The fourth-order valence-corrected chi connectivity index (χ4v) is 12.4. The number of carbonyl (C=O) groups excluding carboxylic acids is 14. The number of primary amides is 1. The topological polar surface area (TPSA) is 610 Å². The second kappa shape index (κ2) is 52.6. The van der Waals surface area contributed by atoms with Crippen LogP contribution < -0.4 is 97.4 Å². The molecule has 25 N–H and O–H groups in total. The smallest absolute Gasteiger partial charge is 0.322 e. The number of hydrogen-bond acceptors (Lipinski definition) is 20. The Labute approximate surface area is 696 Å². The Morgan fingerprint density at radius 2 is 0.723 bits per heavy atom. The van der Waals surface area contributed by atoms with Gasteiger partial charge in [0.1, 0.15) is 73.0 Å². The summed E-state index contributed by atoms with van der Waals surface area (Å²) in [7, 11) is 0. The lowest BCUT2D eigenvalue weighted by Crippen LogP contribution is -2.62. The molecule has 0 fully saturated rings. The van der Waals surface area contributed by atoms with E-state index in [2.05, 4.69) is 87.1 Å². The number of nitrogens with one attached hydrogen (secondary N) is 15. The minimum absolute atomic E-state index is 0.0419. The van der Waals surface area contributed by atoms with Crippen molar-refractivity contribution in [3.05, 3.63) is 144 Å². The van der Waals surface area contributed by atoms with E-state index >= 15 is 4.79 Å². The Bertz CT molecular complexity index is 4040. The molecular weight excluding hydrogens is 1560 g/mol. The summed E-state index contributed by atoms with van der Waals surface area (Å²) in [6, 6.07) is 16.4. The predicted octanol–water partition coefficient (Wildman–Crippen LogP) is -2.26. The van der Waals surface area contributed by atoms with Crippen molar-refractivity contribution < 1.29 is 86.9 Å². The summed E-state index contributed by atoms with van der Waals surface area (Å²) in [5.41, 5.74) is 25.3. The minimum atomic E-state index is -1.68. The van der Waals surface area contributed by atoms with Crippen molar-refractivity contribution in [3.8, 4) is 0 Å². The van der Waals surface area contributed by atoms with Crippen molar-refractivity contribution in [2.24, 2.45) is 40.7 Å². The van der Waals surface area contributed by atoms with Gasteiger partial charge in [-0.2, -0.15) is 12.6 Å². The number of benzene rings is 4. The van der Waals surface area contributed by atoms with Crippen LogP contribution in [0.3, 0.4) is 0 Å². The number of nitrogens with two attached hydrogens (primary N) is 4. The Balaban J connectivity index is 1.62. The molecule has 0 saturated heterocycles. The van der Waals surface area contributed by atoms with Gasteiger partial charge >= 0.3 is 11.9 Å². The van der Waals surface area contributed by atoms with Crippen molar-refractivity contribution in [1.82, 2.24) is 74.4 Å². The van der Waals surface area contributed by atoms with Gasteiger partial charge < -0.3 is 108 Å². The zero-order valence-electron chi connectivity index (χ0n) is 67.8. The average Bonchev–Trinajstić information content (AvgIpc) is 0.839. The molecule has 37 nitrogen and oxygen atoms in total. The van der Waals surface area contributed by atoms with E-state index in [0.717, 1.165) is 0 Å². The Kier molecular flexibility index (Phi) is 43.9. The highest BCUT2D eigenvalue weighted by Crippen LogP contribution is 2.17. The molecule has 0 aliphatic heterocycles. The van der Waals surface area contributed by atoms with Gasteiger partial charge in [0.25, 0.3) is 0 Å². The summed E-state index contributed by atoms with van der Waals surface area (Å²) in [6.07, 6.45) is -2.18. The molecule has 38 heteroatoms. The molecule has 0 spiro atoms. The zero-order valence-corrected chi connectivity index (χ0v) is 68.7. The van der Waals surface area contributed by atoms with Crippen LogP contribution in [-0.2, 0) is 102 Å². The molecule has 4 aromatic rings. The number of carbonyl (C=O) groups is 16. The van der Waals surface area contributed by atoms with Crippen molar-refractivity contribution in [1.29, 1.82) is 5.41 Å². The Morgan fingerprint density at radius 3 is 1.10 bits per heavy atom. The molecule has 650 valence electrons. The Hall–Kier alpha value is -12.1. The van der Waals surface area contributed by atoms with Crippen LogP contribution in [0.15, 0.2) is 121 Å². The molecule has 0 bridgehead atoms. The van der Waals surface area contributed by atoms with Crippen molar-refractivity contribution >= 4 is 113 Å². The maximum atomic E-state index is 15.0. The molecule has 0 aliphatic carbocycles. The number of amides is 14. The first-order valence-corrected chi connectivity index (χ1v) is 40.1. The summed E-state index contributed by atoms with van der Waals surface area (Å²) >= 11 is 4.28. The van der Waals surface area contributed by atoms with Crippen molar-refractivity contribution in [2.45, 2.75) is 204 Å². The molecule has 13 atom stereocenters. The summed E-state index contributed by atoms with van der Waals surface area (Å²) in [5, 5.41) is 62.9. The van der Waals surface area contributed by atoms with E-state index in [1.807, 2.05) is 0 Å². The molecular formula is C81H117N19O18S. The number of carboxylic acids is 2. The normalized spacial score (nSPS) is 14.3. The lowest BCUT2D eigenvalue weighted by molar-refractivity contribution is -0.139. The molecule has 0 aliphatic rings. The molecule has 0 radical (unpaired) electrons. The highest BCUT2D eigenvalue weighted by Gasteiger charge is 2.39. The van der Waals surface area contributed by atoms with Gasteiger partial charge in [-0.05, 0) is 91.5 Å². The van der Waals surface area contributed by atoms with Crippen LogP contribution in [0.5, 0.6) is 0 Å². The molecule has 0 saturated carbocycles. The maximum Gasteiger partial charge on any atom is 0.322 e. The van der Waals surface area contributed by atoms with E-state index in [1.54, 1.807) is 163 Å². The first kappa shape index (κ1) is 99.3. The van der Waals surface area contributed by atoms with Gasteiger partial charge in [0.2, 0.25) is 82.7 Å². The SMILES string of the molecule is CC[C@H](C)[C@H](NC(=O)[C@@H](NC(=O)[C@H](CCCNC(=N)N)NC(=O)[C@H](CS)NC(=O)CNC(=O)[C@H](Cc1ccccc1)NC(=O)[C@@H](N)C(C)C)C(C)C)C(=O)N[C@@H](CCC(N)=O)C(=O)N[C@@H](CCCCN)C(=O)N[C@@H](Cc1ccccc1)C(=O)N[C@@H](Cc1ccccc1)C(=O)N[C@@H](CCC(=O)O)C(=O)N[C@@H](Cc1ccccc1)C(=O)NCC(=O)O. The van der Waals surface area contributed by atoms with Crippen LogP contribution in [0.2, 0.25) is 0 Å². The monoisotopic (exact) mass is 1680 g/mol. The third-order valence-corrected chi connectivity index (χ3v) is 19.6. The molecule has 0 unspecified atom stereocenters. The van der Waals surface area contributed by atoms with Gasteiger partial charge in [-0.25, -0.2) is 0 Å². The molecule has 0 heterocycles. The highest BCUT2D eigenvalue weighted by atomic mass is 32.1. The maximum absolute atomic E-state index is 15.0. The summed E-state index contributed by atoms with van der Waals surface area (Å²) < 4.78 is 0. The first-order chi connectivity index (χ1) is 56.5. The molecule has 4 rings (SSSR count). The van der Waals surface area contributed by atoms with E-state index in [0.29, 0.717) is 28.7 Å². The van der Waals surface area contributed by atoms with Crippen molar-refractivity contribution in [2.75, 3.05) is 31.9 Å². The van der Waals surface area contributed by atoms with Crippen LogP contribution in [-0.4, -0.2) is 215 Å². The number of carboxylic acid groups (broad SMARTS) is 2. The van der Waals surface area contributed by atoms with Gasteiger partial charge in [-0.1, -0.05) is 169 Å². The van der Waals surface area contributed by atoms with E-state index in [-0.39, 0.29) is 82.5 Å². The van der Waals surface area contributed by atoms with E-state index < -0.39 is 224 Å². The number of guanidine groups is 1. The third-order valence-electron chi connectivity index (χ3n) is 19.2. The molecule has 14 amide bonds. The summed E-state index contributed by atoms with van der Waals surface area (Å²) in [4.78, 5) is 221. The molecule has 0 aromatic heterocycles. The molecule has 4 aromatic carbocycles. The number of unbranched alkanes of at least 4 members (excludes halogenated alkanes) is 1. The van der Waals surface area contributed by atoms with Gasteiger partial charge in [0.15, 0.2) is 5.96 Å². The Morgan fingerprint density at radius 1 is 0.378 bits per heavy atom. The second-order valence-electron chi connectivity index (χ2n) is 29.5. The lowest BCUT2D eigenvalue weighted by Gasteiger charge is -2.31. The summed E-state index contributed by atoms with van der Waals surface area (Å²) in [5.74, 6) is -17.8. The van der Waals surface area contributed by atoms with E-state index in [9.17, 15) is 82.1 Å². The van der Waals surface area contributed by atoms with E-state index in [1.165, 1.54) is 0 Å². The standard InChI is InChI=1S/C81H117N19O18S/c1-7-48(6)68(100-79(117)67(47(4)5)99-74(112)54(32-22-38-87-81(85)86)92-77(115)61(45-119)90-63(102)43-88-69(107)58(40-50-25-14-9-15-26-50)98-78(116)66(84)46(2)3)80(118)94-55(33-35-62(83)101)72(110)91-53(31-20-21-37-82)71(109)96-60(42-52-29-18-11-19-30-52)76(114)97-59(41-51-27-16-10-17-28-51)75(113)93-56(34-36-64(103)104)73(111)95-57(70(108)89-44-65(105)106)39-49-23-12-8-13-24-49/h8-19,23-30,46-48,53-61,66-68,119H,7,20-22,31-45,82,84H2,1-6H3,(H2,83,101)(H,88,107)(H,89,108)(H,90,102)(H,91,110)(H,92,115)(H,93,113)(H,94,118)(H,95,111)(H,96,109)(H,97,114)(H,98,116)(H,99,112)(H,100,117)(H,103,104)(H,105,106)(H4,85,86,87)/t48-,53-,54-,55-,56-,57-,58-,59-,60-,61-,66-,67-,68-/m0/s1. The number of aliphatic carboxylic acids is 2.